The van der Waals surface area contributed by atoms with E-state index in [1.54, 1.807) is 0 Å². The molecule has 2 aliphatic rings. The van der Waals surface area contributed by atoms with Gasteiger partial charge in [0.2, 0.25) is 0 Å². The molecule has 1 nitrogen and oxygen atoms in total. The zero-order chi connectivity index (χ0) is 7.30. The van der Waals surface area contributed by atoms with Gasteiger partial charge in [0.05, 0.1) is 6.10 Å². The highest BCUT2D eigenvalue weighted by Crippen LogP contribution is 2.51. The van der Waals surface area contributed by atoms with Crippen LogP contribution >= 0.6 is 0 Å². The van der Waals surface area contributed by atoms with Crippen molar-refractivity contribution in [2.45, 2.75) is 32.8 Å². The fraction of sp³-hybridized carbons (Fsp3) is 1.00. The summed E-state index contributed by atoms with van der Waals surface area (Å²) in [6, 6.07) is 0. The second-order valence-electron chi connectivity index (χ2n) is 4.18. The van der Waals surface area contributed by atoms with Crippen LogP contribution in [0.4, 0.5) is 0 Å². The average molecular weight is 140 g/mol. The summed E-state index contributed by atoms with van der Waals surface area (Å²) >= 11 is 0. The van der Waals surface area contributed by atoms with Gasteiger partial charge in [0.15, 0.2) is 0 Å². The van der Waals surface area contributed by atoms with Gasteiger partial charge >= 0.3 is 0 Å². The maximum absolute atomic E-state index is 9.51. The van der Waals surface area contributed by atoms with Gasteiger partial charge in [0.25, 0.3) is 0 Å². The summed E-state index contributed by atoms with van der Waals surface area (Å²) in [6.07, 6.45) is 2.41. The monoisotopic (exact) mass is 140 g/mol. The Balaban J connectivity index is 2.16. The molecule has 1 N–H and O–H groups in total. The van der Waals surface area contributed by atoms with Crippen LogP contribution < -0.4 is 0 Å². The molecule has 0 heterocycles. The van der Waals surface area contributed by atoms with E-state index in [4.69, 9.17) is 0 Å². The summed E-state index contributed by atoms with van der Waals surface area (Å²) in [6.45, 7) is 4.62. The van der Waals surface area contributed by atoms with Gasteiger partial charge in [-0.1, -0.05) is 13.8 Å². The van der Waals surface area contributed by atoms with Crippen molar-refractivity contribution in [1.82, 2.24) is 0 Å². The molecule has 0 aromatic rings. The smallest absolute Gasteiger partial charge is 0.0573 e. The van der Waals surface area contributed by atoms with Gasteiger partial charge in [-0.15, -0.1) is 0 Å². The molecular formula is C9H16O. The molecule has 0 aliphatic heterocycles. The van der Waals surface area contributed by atoms with Gasteiger partial charge in [0.1, 0.15) is 0 Å². The predicted octanol–water partition coefficient (Wildman–Crippen LogP) is 1.66. The van der Waals surface area contributed by atoms with E-state index < -0.39 is 0 Å². The van der Waals surface area contributed by atoms with E-state index in [2.05, 4.69) is 13.8 Å². The van der Waals surface area contributed by atoms with Crippen molar-refractivity contribution in [3.63, 3.8) is 0 Å². The van der Waals surface area contributed by atoms with Crippen LogP contribution in [0.15, 0.2) is 0 Å². The van der Waals surface area contributed by atoms with Gasteiger partial charge in [-0.05, 0) is 36.5 Å². The first-order chi connectivity index (χ1) is 4.70. The van der Waals surface area contributed by atoms with E-state index in [1.165, 1.54) is 6.42 Å². The molecule has 0 spiro atoms. The van der Waals surface area contributed by atoms with E-state index in [0.717, 1.165) is 24.2 Å². The fourth-order valence-corrected chi connectivity index (χ4v) is 2.90. The van der Waals surface area contributed by atoms with Crippen molar-refractivity contribution >= 4 is 0 Å². The minimum Gasteiger partial charge on any atom is -0.393 e. The Morgan fingerprint density at radius 3 is 2.20 bits per heavy atom. The molecule has 2 aliphatic carbocycles. The van der Waals surface area contributed by atoms with Crippen LogP contribution in [0.5, 0.6) is 0 Å². The van der Waals surface area contributed by atoms with Crippen LogP contribution in [0.25, 0.3) is 0 Å². The molecule has 2 saturated carbocycles. The van der Waals surface area contributed by atoms with Crippen molar-refractivity contribution in [3.8, 4) is 0 Å². The van der Waals surface area contributed by atoms with E-state index in [-0.39, 0.29) is 6.10 Å². The summed E-state index contributed by atoms with van der Waals surface area (Å²) in [5.74, 6) is 3.12. The Hall–Kier alpha value is -0.0400. The maximum Gasteiger partial charge on any atom is 0.0573 e. The number of fused-ring (bicyclic) bond motifs is 2. The number of aliphatic hydroxyl groups excluding tert-OH is 1. The van der Waals surface area contributed by atoms with Gasteiger partial charge in [-0.3, -0.25) is 0 Å². The Morgan fingerprint density at radius 1 is 1.10 bits per heavy atom. The number of rotatable bonds is 0. The quantitative estimate of drug-likeness (QED) is 0.542. The van der Waals surface area contributed by atoms with Crippen LogP contribution in [0, 0.1) is 23.7 Å². The second-order valence-corrected chi connectivity index (χ2v) is 4.18. The molecule has 0 amide bonds. The standard InChI is InChI=1S/C9H16O/c1-5-6(2)8-3-7(5)4-9(8)10/h5-10H,3-4H2,1-2H3/t5-,6-,7+,8+,9-/m1/s1. The zero-order valence-corrected chi connectivity index (χ0v) is 6.75. The lowest BCUT2D eigenvalue weighted by Crippen LogP contribution is -2.27. The Bertz CT molecular complexity index is 142. The Morgan fingerprint density at radius 2 is 1.80 bits per heavy atom. The minimum atomic E-state index is 0.0381. The predicted molar refractivity (Wildman–Crippen MR) is 40.5 cm³/mol. The number of hydrogen-bond donors (Lipinski definition) is 1. The number of aliphatic hydroxyl groups is 1. The summed E-state index contributed by atoms with van der Waals surface area (Å²) in [7, 11) is 0. The topological polar surface area (TPSA) is 20.2 Å². The lowest BCUT2D eigenvalue weighted by atomic mass is 9.80. The number of hydrogen-bond acceptors (Lipinski definition) is 1. The molecule has 0 unspecified atom stereocenters. The zero-order valence-electron chi connectivity index (χ0n) is 6.75. The van der Waals surface area contributed by atoms with E-state index >= 15 is 0 Å². The molecule has 0 radical (unpaired) electrons. The molecule has 5 atom stereocenters. The summed E-state index contributed by atoms with van der Waals surface area (Å²) in [4.78, 5) is 0. The van der Waals surface area contributed by atoms with E-state index in [9.17, 15) is 5.11 Å². The highest BCUT2D eigenvalue weighted by molar-refractivity contribution is 4.97. The van der Waals surface area contributed by atoms with Gasteiger partial charge in [-0.25, -0.2) is 0 Å². The van der Waals surface area contributed by atoms with Crippen molar-refractivity contribution in [3.05, 3.63) is 0 Å². The van der Waals surface area contributed by atoms with Gasteiger partial charge in [0, 0.05) is 0 Å². The average Bonchev–Trinajstić information content (AvgIpc) is 2.36. The van der Waals surface area contributed by atoms with Gasteiger partial charge < -0.3 is 5.11 Å². The minimum absolute atomic E-state index is 0.0381. The van der Waals surface area contributed by atoms with Crippen molar-refractivity contribution in [2.75, 3.05) is 0 Å². The third-order valence-electron chi connectivity index (χ3n) is 3.86. The third-order valence-corrected chi connectivity index (χ3v) is 3.86. The lowest BCUT2D eigenvalue weighted by Gasteiger charge is -2.28. The third kappa shape index (κ3) is 0.672. The molecule has 0 aromatic carbocycles. The Labute approximate surface area is 62.4 Å². The first kappa shape index (κ1) is 6.66. The Kier molecular flexibility index (Phi) is 1.31. The molecule has 2 rings (SSSR count). The summed E-state index contributed by atoms with van der Waals surface area (Å²) in [5.41, 5.74) is 0. The highest BCUT2D eigenvalue weighted by atomic mass is 16.3. The largest absolute Gasteiger partial charge is 0.393 e. The van der Waals surface area contributed by atoms with Crippen LogP contribution in [0.3, 0.4) is 0 Å². The maximum atomic E-state index is 9.51. The first-order valence-electron chi connectivity index (χ1n) is 4.38. The van der Waals surface area contributed by atoms with Crippen molar-refractivity contribution in [2.24, 2.45) is 23.7 Å². The van der Waals surface area contributed by atoms with Crippen molar-refractivity contribution < 1.29 is 5.11 Å². The molecular weight excluding hydrogens is 124 g/mol. The molecule has 0 saturated heterocycles. The second kappa shape index (κ2) is 1.97. The van der Waals surface area contributed by atoms with Crippen LogP contribution in [0.1, 0.15) is 26.7 Å². The molecule has 1 heteroatoms. The summed E-state index contributed by atoms with van der Waals surface area (Å²) < 4.78 is 0. The summed E-state index contributed by atoms with van der Waals surface area (Å²) in [5, 5.41) is 9.51. The molecule has 10 heavy (non-hydrogen) atoms. The van der Waals surface area contributed by atoms with E-state index in [1.807, 2.05) is 0 Å². The molecule has 2 fully saturated rings. The van der Waals surface area contributed by atoms with E-state index in [0.29, 0.717) is 5.92 Å². The van der Waals surface area contributed by atoms with Crippen LogP contribution in [-0.4, -0.2) is 11.2 Å². The lowest BCUT2D eigenvalue weighted by molar-refractivity contribution is 0.0645. The first-order valence-corrected chi connectivity index (χ1v) is 4.38. The normalized spacial score (nSPS) is 59.7. The van der Waals surface area contributed by atoms with Crippen LogP contribution in [-0.2, 0) is 0 Å². The highest BCUT2D eigenvalue weighted by Gasteiger charge is 2.47. The fourth-order valence-electron chi connectivity index (χ4n) is 2.90. The van der Waals surface area contributed by atoms with Crippen molar-refractivity contribution in [1.29, 1.82) is 0 Å². The molecule has 58 valence electrons. The molecule has 0 aromatic heterocycles. The van der Waals surface area contributed by atoms with Gasteiger partial charge in [-0.2, -0.15) is 0 Å². The molecule has 2 bridgehead atoms. The van der Waals surface area contributed by atoms with Crippen LogP contribution in [0.2, 0.25) is 0 Å². The SMILES string of the molecule is C[C@@H]1[C@@H](C)[C@H]2C[C@@H]1[C@H](O)C2.